The van der Waals surface area contributed by atoms with Gasteiger partial charge in [-0.05, 0) is 39.2 Å². The van der Waals surface area contributed by atoms with Crippen molar-refractivity contribution in [2.45, 2.75) is 45.3 Å². The lowest BCUT2D eigenvalue weighted by Gasteiger charge is -2.21. The Morgan fingerprint density at radius 1 is 1.25 bits per heavy atom. The summed E-state index contributed by atoms with van der Waals surface area (Å²) in [4.78, 5) is 0. The molecule has 2 nitrogen and oxygen atoms in total. The largest absolute Gasteiger partial charge is 0.389 e. The van der Waals surface area contributed by atoms with Gasteiger partial charge in [0.15, 0.2) is 0 Å². The summed E-state index contributed by atoms with van der Waals surface area (Å²) < 4.78 is 0. The van der Waals surface area contributed by atoms with Crippen molar-refractivity contribution < 1.29 is 5.11 Å². The van der Waals surface area contributed by atoms with Crippen LogP contribution in [0, 0.1) is 0 Å². The summed E-state index contributed by atoms with van der Waals surface area (Å²) in [6.07, 6.45) is 2.18. The van der Waals surface area contributed by atoms with Crippen LogP contribution >= 0.6 is 0 Å². The molecule has 0 spiro atoms. The molecular formula is C14H23NO. The van der Waals surface area contributed by atoms with E-state index >= 15 is 0 Å². The molecule has 0 heterocycles. The maximum Gasteiger partial charge on any atom is 0.0715 e. The van der Waals surface area contributed by atoms with Gasteiger partial charge in [-0.1, -0.05) is 30.3 Å². The van der Waals surface area contributed by atoms with Crippen molar-refractivity contribution >= 4 is 0 Å². The Kier molecular flexibility index (Phi) is 4.97. The Bertz CT molecular complexity index is 289. The number of hydrogen-bond acceptors (Lipinski definition) is 2. The molecular weight excluding hydrogens is 198 g/mol. The molecule has 1 aromatic carbocycles. The fraction of sp³-hybridized carbons (Fsp3) is 0.571. The van der Waals surface area contributed by atoms with Crippen LogP contribution in [0.2, 0.25) is 0 Å². The van der Waals surface area contributed by atoms with Crippen molar-refractivity contribution in [2.24, 2.45) is 0 Å². The molecule has 2 N–H and O–H groups in total. The van der Waals surface area contributed by atoms with Gasteiger partial charge in [-0.2, -0.15) is 0 Å². The van der Waals surface area contributed by atoms with Crippen LogP contribution in [-0.2, 0) is 6.42 Å². The summed E-state index contributed by atoms with van der Waals surface area (Å²) >= 11 is 0. The number of nitrogens with one attached hydrogen (secondary N) is 1. The molecule has 0 saturated carbocycles. The first-order valence-corrected chi connectivity index (χ1v) is 5.97. The van der Waals surface area contributed by atoms with E-state index < -0.39 is 5.60 Å². The highest BCUT2D eigenvalue weighted by molar-refractivity contribution is 5.14. The van der Waals surface area contributed by atoms with Gasteiger partial charge >= 0.3 is 0 Å². The molecule has 0 fully saturated rings. The summed E-state index contributed by atoms with van der Waals surface area (Å²) in [7, 11) is 0. The van der Waals surface area contributed by atoms with Gasteiger partial charge in [-0.15, -0.1) is 0 Å². The summed E-state index contributed by atoms with van der Waals surface area (Å²) in [5, 5.41) is 12.9. The lowest BCUT2D eigenvalue weighted by atomic mass is 10.1. The Morgan fingerprint density at radius 2 is 1.88 bits per heavy atom. The lowest BCUT2D eigenvalue weighted by molar-refractivity contribution is 0.0767. The van der Waals surface area contributed by atoms with Crippen molar-refractivity contribution in [3.8, 4) is 0 Å². The van der Waals surface area contributed by atoms with E-state index in [-0.39, 0.29) is 0 Å². The molecule has 0 aliphatic carbocycles. The fourth-order valence-electron chi connectivity index (χ4n) is 1.55. The summed E-state index contributed by atoms with van der Waals surface area (Å²) in [6, 6.07) is 10.9. The predicted octanol–water partition coefficient (Wildman–Crippen LogP) is 2.37. The van der Waals surface area contributed by atoms with Gasteiger partial charge in [-0.25, -0.2) is 0 Å². The predicted molar refractivity (Wildman–Crippen MR) is 68.5 cm³/mol. The summed E-state index contributed by atoms with van der Waals surface area (Å²) in [6.45, 7) is 6.45. The van der Waals surface area contributed by atoms with E-state index in [2.05, 4.69) is 36.5 Å². The van der Waals surface area contributed by atoms with Crippen LogP contribution in [0.15, 0.2) is 30.3 Å². The highest BCUT2D eigenvalue weighted by atomic mass is 16.3. The maximum absolute atomic E-state index is 9.59. The second-order valence-electron chi connectivity index (χ2n) is 5.12. The van der Waals surface area contributed by atoms with Crippen molar-refractivity contribution in [1.82, 2.24) is 5.32 Å². The highest BCUT2D eigenvalue weighted by Gasteiger charge is 2.13. The summed E-state index contributed by atoms with van der Waals surface area (Å²) in [5.41, 5.74) is 0.750. The minimum absolute atomic E-state index is 0.437. The van der Waals surface area contributed by atoms with Crippen molar-refractivity contribution in [3.63, 3.8) is 0 Å². The molecule has 0 amide bonds. The third-order valence-corrected chi connectivity index (χ3v) is 2.59. The molecule has 0 aliphatic rings. The molecule has 0 saturated heterocycles. The third-order valence-electron chi connectivity index (χ3n) is 2.59. The number of hydrogen-bond donors (Lipinski definition) is 2. The highest BCUT2D eigenvalue weighted by Crippen LogP contribution is 2.05. The Balaban J connectivity index is 2.23. The minimum atomic E-state index is -0.624. The zero-order valence-electron chi connectivity index (χ0n) is 10.5. The molecule has 1 atom stereocenters. The smallest absolute Gasteiger partial charge is 0.0715 e. The van der Waals surface area contributed by atoms with E-state index in [0.29, 0.717) is 12.6 Å². The second-order valence-corrected chi connectivity index (χ2v) is 5.12. The van der Waals surface area contributed by atoms with Crippen LogP contribution in [-0.4, -0.2) is 23.3 Å². The van der Waals surface area contributed by atoms with E-state index in [0.717, 1.165) is 12.8 Å². The van der Waals surface area contributed by atoms with E-state index in [4.69, 9.17) is 0 Å². The first kappa shape index (κ1) is 13.2. The van der Waals surface area contributed by atoms with Crippen LogP contribution in [0.25, 0.3) is 0 Å². The molecule has 0 aliphatic heterocycles. The average molecular weight is 221 g/mol. The first-order chi connectivity index (χ1) is 7.47. The van der Waals surface area contributed by atoms with Crippen molar-refractivity contribution in [1.29, 1.82) is 0 Å². The van der Waals surface area contributed by atoms with E-state index in [9.17, 15) is 5.11 Å². The molecule has 0 bridgehead atoms. The summed E-state index contributed by atoms with van der Waals surface area (Å²) in [5.74, 6) is 0. The zero-order valence-corrected chi connectivity index (χ0v) is 10.5. The Morgan fingerprint density at radius 3 is 2.44 bits per heavy atom. The van der Waals surface area contributed by atoms with Gasteiger partial charge in [0.05, 0.1) is 5.60 Å². The van der Waals surface area contributed by atoms with Gasteiger partial charge in [0.1, 0.15) is 0 Å². The molecule has 0 radical (unpaired) electrons. The molecule has 2 heteroatoms. The molecule has 1 unspecified atom stereocenters. The van der Waals surface area contributed by atoms with Crippen LogP contribution < -0.4 is 5.32 Å². The van der Waals surface area contributed by atoms with Gasteiger partial charge in [0.25, 0.3) is 0 Å². The topological polar surface area (TPSA) is 32.3 Å². The quantitative estimate of drug-likeness (QED) is 0.773. The normalized spacial score (nSPS) is 13.8. The van der Waals surface area contributed by atoms with Crippen molar-refractivity contribution in [3.05, 3.63) is 35.9 Å². The minimum Gasteiger partial charge on any atom is -0.389 e. The Labute approximate surface area is 98.7 Å². The number of aryl methyl sites for hydroxylation is 1. The van der Waals surface area contributed by atoms with Crippen LogP contribution in [0.3, 0.4) is 0 Å². The van der Waals surface area contributed by atoms with Crippen LogP contribution in [0.4, 0.5) is 0 Å². The first-order valence-electron chi connectivity index (χ1n) is 5.97. The standard InChI is InChI=1S/C14H23NO/c1-12(15-11-14(2,3)16)9-10-13-7-5-4-6-8-13/h4-8,12,15-16H,9-11H2,1-3H3. The fourth-order valence-corrected chi connectivity index (χ4v) is 1.55. The zero-order chi connectivity index (χ0) is 12.0. The molecule has 16 heavy (non-hydrogen) atoms. The van der Waals surface area contributed by atoms with Gasteiger partial charge < -0.3 is 10.4 Å². The molecule has 0 aromatic heterocycles. The van der Waals surface area contributed by atoms with E-state index in [1.165, 1.54) is 5.56 Å². The Hall–Kier alpha value is -0.860. The average Bonchev–Trinajstić information content (AvgIpc) is 2.24. The number of aliphatic hydroxyl groups is 1. The van der Waals surface area contributed by atoms with Gasteiger partial charge in [0, 0.05) is 12.6 Å². The SMILES string of the molecule is CC(CCc1ccccc1)NCC(C)(C)O. The molecule has 1 aromatic rings. The molecule has 90 valence electrons. The maximum atomic E-state index is 9.59. The third kappa shape index (κ3) is 5.89. The van der Waals surface area contributed by atoms with E-state index in [1.807, 2.05) is 19.9 Å². The molecule has 1 rings (SSSR count). The van der Waals surface area contributed by atoms with E-state index in [1.54, 1.807) is 0 Å². The van der Waals surface area contributed by atoms with Crippen LogP contribution in [0.5, 0.6) is 0 Å². The van der Waals surface area contributed by atoms with Gasteiger partial charge in [0.2, 0.25) is 0 Å². The van der Waals surface area contributed by atoms with Gasteiger partial charge in [-0.3, -0.25) is 0 Å². The van der Waals surface area contributed by atoms with Crippen molar-refractivity contribution in [2.75, 3.05) is 6.54 Å². The number of rotatable bonds is 6. The monoisotopic (exact) mass is 221 g/mol. The van der Waals surface area contributed by atoms with Crippen LogP contribution in [0.1, 0.15) is 32.8 Å². The second kappa shape index (κ2) is 6.02. The number of benzene rings is 1. The lowest BCUT2D eigenvalue weighted by Crippen LogP contribution is -2.39.